The van der Waals surface area contributed by atoms with Gasteiger partial charge in [-0.05, 0) is 36.6 Å². The highest BCUT2D eigenvalue weighted by molar-refractivity contribution is 5.37. The monoisotopic (exact) mass is 265 g/mol. The van der Waals surface area contributed by atoms with Gasteiger partial charge in [-0.3, -0.25) is 0 Å². The van der Waals surface area contributed by atoms with Crippen molar-refractivity contribution < 1.29 is 8.81 Å². The van der Waals surface area contributed by atoms with Gasteiger partial charge >= 0.3 is 5.76 Å². The molecule has 1 heterocycles. The topological polar surface area (TPSA) is 84.9 Å². The summed E-state index contributed by atoms with van der Waals surface area (Å²) in [6, 6.07) is 2.46. The summed E-state index contributed by atoms with van der Waals surface area (Å²) in [7, 11) is 0. The lowest BCUT2D eigenvalue weighted by molar-refractivity contribution is 0.396. The van der Waals surface area contributed by atoms with Gasteiger partial charge in [-0.2, -0.15) is 0 Å². The third-order valence-corrected chi connectivity index (χ3v) is 3.47. The molecule has 2 atom stereocenters. The van der Waals surface area contributed by atoms with Crippen molar-refractivity contribution in [3.63, 3.8) is 0 Å². The van der Waals surface area contributed by atoms with E-state index < -0.39 is 11.8 Å². The van der Waals surface area contributed by atoms with E-state index in [1.54, 1.807) is 13.0 Å². The standard InChI is InChI=1S/C13H16FN3O2/c1-6-4-5-9(14)10(7(6)2)8(3)11(15)12-16-17-13(18)19-12/h4-5,8,11H,15H2,1-3H3,(H,17,18)/t8-,11?/m1/s1. The number of hydrogen-bond donors (Lipinski definition) is 2. The molecular weight excluding hydrogens is 249 g/mol. The Morgan fingerprint density at radius 2 is 2.11 bits per heavy atom. The Kier molecular flexibility index (Phi) is 3.53. The number of nitrogens with zero attached hydrogens (tertiary/aromatic N) is 1. The lowest BCUT2D eigenvalue weighted by atomic mass is 9.88. The van der Waals surface area contributed by atoms with Crippen LogP contribution in [0.2, 0.25) is 0 Å². The van der Waals surface area contributed by atoms with Crippen LogP contribution < -0.4 is 11.5 Å². The number of aromatic nitrogens is 2. The van der Waals surface area contributed by atoms with Crippen LogP contribution in [0, 0.1) is 19.7 Å². The summed E-state index contributed by atoms with van der Waals surface area (Å²) >= 11 is 0. The Morgan fingerprint density at radius 3 is 2.68 bits per heavy atom. The Labute approximate surface area is 109 Å². The first-order valence-corrected chi connectivity index (χ1v) is 5.98. The van der Waals surface area contributed by atoms with E-state index in [-0.39, 0.29) is 17.6 Å². The second-order valence-corrected chi connectivity index (χ2v) is 4.67. The Hall–Kier alpha value is -1.95. The molecule has 0 saturated carbocycles. The molecule has 0 saturated heterocycles. The molecule has 6 heteroatoms. The van der Waals surface area contributed by atoms with Crippen LogP contribution in [0.4, 0.5) is 4.39 Å². The van der Waals surface area contributed by atoms with Crippen molar-refractivity contribution in [2.45, 2.75) is 32.7 Å². The van der Waals surface area contributed by atoms with Gasteiger partial charge in [-0.1, -0.05) is 13.0 Å². The van der Waals surface area contributed by atoms with E-state index in [0.29, 0.717) is 5.56 Å². The highest BCUT2D eigenvalue weighted by atomic mass is 19.1. The molecule has 19 heavy (non-hydrogen) atoms. The lowest BCUT2D eigenvalue weighted by Gasteiger charge is -2.20. The molecular formula is C13H16FN3O2. The lowest BCUT2D eigenvalue weighted by Crippen LogP contribution is -2.20. The molecule has 1 unspecified atom stereocenters. The summed E-state index contributed by atoms with van der Waals surface area (Å²) in [5, 5.41) is 5.84. The summed E-state index contributed by atoms with van der Waals surface area (Å²) < 4.78 is 18.8. The normalized spacial score (nSPS) is 14.4. The number of hydrogen-bond acceptors (Lipinski definition) is 4. The molecule has 1 aromatic carbocycles. The van der Waals surface area contributed by atoms with E-state index >= 15 is 0 Å². The van der Waals surface area contributed by atoms with Crippen molar-refractivity contribution in [3.8, 4) is 0 Å². The quantitative estimate of drug-likeness (QED) is 0.887. The summed E-state index contributed by atoms with van der Waals surface area (Å²) in [5.74, 6) is -1.26. The van der Waals surface area contributed by atoms with Gasteiger partial charge in [-0.15, -0.1) is 5.10 Å². The van der Waals surface area contributed by atoms with Crippen LogP contribution in [0.15, 0.2) is 21.3 Å². The Morgan fingerprint density at radius 1 is 1.42 bits per heavy atom. The third-order valence-electron chi connectivity index (χ3n) is 3.47. The van der Waals surface area contributed by atoms with Crippen molar-refractivity contribution in [1.82, 2.24) is 10.2 Å². The molecule has 0 fully saturated rings. The number of aryl methyl sites for hydroxylation is 1. The minimum Gasteiger partial charge on any atom is -0.391 e. The van der Waals surface area contributed by atoms with Gasteiger partial charge in [0.1, 0.15) is 5.82 Å². The molecule has 102 valence electrons. The zero-order valence-corrected chi connectivity index (χ0v) is 11.0. The third kappa shape index (κ3) is 2.44. The maximum atomic E-state index is 14.0. The fourth-order valence-corrected chi connectivity index (χ4v) is 2.14. The first-order valence-electron chi connectivity index (χ1n) is 5.98. The molecule has 0 aliphatic carbocycles. The molecule has 0 spiro atoms. The Bertz CT molecular complexity index is 648. The van der Waals surface area contributed by atoms with Crippen molar-refractivity contribution in [1.29, 1.82) is 0 Å². The van der Waals surface area contributed by atoms with Crippen LogP contribution in [0.5, 0.6) is 0 Å². The SMILES string of the molecule is Cc1ccc(F)c([C@@H](C)C(N)c2n[nH]c(=O)o2)c1C. The van der Waals surface area contributed by atoms with Crippen LogP contribution in [-0.4, -0.2) is 10.2 Å². The Balaban J connectivity index is 2.42. The summed E-state index contributed by atoms with van der Waals surface area (Å²) in [5.41, 5.74) is 8.35. The first kappa shape index (κ1) is 13.5. The molecule has 5 nitrogen and oxygen atoms in total. The minimum atomic E-state index is -0.686. The second-order valence-electron chi connectivity index (χ2n) is 4.67. The van der Waals surface area contributed by atoms with Crippen molar-refractivity contribution in [2.24, 2.45) is 5.73 Å². The van der Waals surface area contributed by atoms with E-state index in [2.05, 4.69) is 10.2 Å². The van der Waals surface area contributed by atoms with Gasteiger partial charge in [0, 0.05) is 5.92 Å². The van der Waals surface area contributed by atoms with E-state index in [9.17, 15) is 9.18 Å². The molecule has 0 amide bonds. The molecule has 0 bridgehead atoms. The average Bonchev–Trinajstić information content (AvgIpc) is 2.80. The molecule has 3 N–H and O–H groups in total. The average molecular weight is 265 g/mol. The van der Waals surface area contributed by atoms with Crippen LogP contribution in [0.1, 0.15) is 41.5 Å². The van der Waals surface area contributed by atoms with Crippen LogP contribution in [0.3, 0.4) is 0 Å². The van der Waals surface area contributed by atoms with Crippen molar-refractivity contribution in [2.75, 3.05) is 0 Å². The predicted octanol–water partition coefficient (Wildman–Crippen LogP) is 1.92. The van der Waals surface area contributed by atoms with Gasteiger partial charge in [0.25, 0.3) is 0 Å². The maximum Gasteiger partial charge on any atom is 0.434 e. The number of rotatable bonds is 3. The number of halogens is 1. The summed E-state index contributed by atoms with van der Waals surface area (Å²) in [6.07, 6.45) is 0. The van der Waals surface area contributed by atoms with Crippen molar-refractivity contribution in [3.05, 3.63) is 51.1 Å². The van der Waals surface area contributed by atoms with Crippen LogP contribution in [-0.2, 0) is 0 Å². The first-order chi connectivity index (χ1) is 8.91. The molecule has 0 radical (unpaired) electrons. The molecule has 0 aliphatic rings. The molecule has 1 aromatic heterocycles. The predicted molar refractivity (Wildman–Crippen MR) is 68.3 cm³/mol. The van der Waals surface area contributed by atoms with E-state index in [4.69, 9.17) is 10.2 Å². The van der Waals surface area contributed by atoms with E-state index in [1.165, 1.54) is 6.07 Å². The van der Waals surface area contributed by atoms with Gasteiger partial charge in [-0.25, -0.2) is 14.3 Å². The summed E-state index contributed by atoms with van der Waals surface area (Å²) in [4.78, 5) is 10.9. The van der Waals surface area contributed by atoms with Gasteiger partial charge in [0.15, 0.2) is 0 Å². The largest absolute Gasteiger partial charge is 0.434 e. The minimum absolute atomic E-state index is 0.0813. The van der Waals surface area contributed by atoms with E-state index in [1.807, 2.05) is 13.8 Å². The number of nitrogens with one attached hydrogen (secondary N) is 1. The number of nitrogens with two attached hydrogens (primary N) is 1. The molecule has 0 aliphatic heterocycles. The number of benzene rings is 1. The smallest absolute Gasteiger partial charge is 0.391 e. The zero-order chi connectivity index (χ0) is 14.2. The van der Waals surface area contributed by atoms with Gasteiger partial charge in [0.2, 0.25) is 5.89 Å². The fraction of sp³-hybridized carbons (Fsp3) is 0.385. The van der Waals surface area contributed by atoms with Gasteiger partial charge in [0.05, 0.1) is 6.04 Å². The highest BCUT2D eigenvalue weighted by Crippen LogP contribution is 2.32. The highest BCUT2D eigenvalue weighted by Gasteiger charge is 2.25. The summed E-state index contributed by atoms with van der Waals surface area (Å²) in [6.45, 7) is 5.53. The molecule has 2 aromatic rings. The van der Waals surface area contributed by atoms with Crippen molar-refractivity contribution >= 4 is 0 Å². The van der Waals surface area contributed by atoms with Crippen LogP contribution >= 0.6 is 0 Å². The fourth-order valence-electron chi connectivity index (χ4n) is 2.14. The second kappa shape index (κ2) is 4.97. The zero-order valence-electron chi connectivity index (χ0n) is 11.0. The molecule has 2 rings (SSSR count). The van der Waals surface area contributed by atoms with Crippen LogP contribution in [0.25, 0.3) is 0 Å². The number of aromatic amines is 1. The maximum absolute atomic E-state index is 14.0. The number of H-pyrrole nitrogens is 1. The van der Waals surface area contributed by atoms with Gasteiger partial charge < -0.3 is 10.2 Å². The van der Waals surface area contributed by atoms with E-state index in [0.717, 1.165) is 11.1 Å².